The van der Waals surface area contributed by atoms with E-state index in [9.17, 15) is 9.59 Å². The molecule has 3 aliphatic rings. The highest BCUT2D eigenvalue weighted by molar-refractivity contribution is 9.10. The van der Waals surface area contributed by atoms with Crippen molar-refractivity contribution in [2.24, 2.45) is 5.92 Å². The highest BCUT2D eigenvalue weighted by atomic mass is 79.9. The maximum absolute atomic E-state index is 13.0. The lowest BCUT2D eigenvalue weighted by Gasteiger charge is -2.38. The predicted molar refractivity (Wildman–Crippen MR) is 142 cm³/mol. The standard InChI is InChI=1S/C26H28Br2ClN3O2/c27-19-11-18-2-1-17-12-20(29)13-22(28)24(17)25(26(18)30-14-19)16-3-9-32(10-4-16)23(34)15-31-7-5-21(33)6-8-31/h11-14,16,25H,1-10,15H2/p+1/t25-/m1/s1. The van der Waals surface area contributed by atoms with Gasteiger partial charge >= 0.3 is 0 Å². The quantitative estimate of drug-likeness (QED) is 0.440. The van der Waals surface area contributed by atoms with Crippen LogP contribution in [0.2, 0.25) is 5.02 Å². The normalized spacial score (nSPS) is 21.7. The molecule has 2 saturated heterocycles. The first-order valence-electron chi connectivity index (χ1n) is 12.0. The minimum Gasteiger partial charge on any atom is -0.342 e. The van der Waals surface area contributed by atoms with Gasteiger partial charge in [0.2, 0.25) is 5.91 Å². The molecule has 5 nitrogen and oxygen atoms in total. The summed E-state index contributed by atoms with van der Waals surface area (Å²) in [4.78, 5) is 31.7. The van der Waals surface area contributed by atoms with E-state index in [2.05, 4.69) is 48.9 Å². The first-order valence-corrected chi connectivity index (χ1v) is 14.0. The molecule has 5 rings (SSSR count). The van der Waals surface area contributed by atoms with Gasteiger partial charge in [-0.25, -0.2) is 0 Å². The van der Waals surface area contributed by atoms with Crippen molar-refractivity contribution in [1.82, 2.24) is 14.8 Å². The van der Waals surface area contributed by atoms with Gasteiger partial charge in [0.25, 0.3) is 5.78 Å². The van der Waals surface area contributed by atoms with Crippen LogP contribution in [0.3, 0.4) is 0 Å². The molecule has 3 heterocycles. The first kappa shape index (κ1) is 24.4. The lowest BCUT2D eigenvalue weighted by atomic mass is 9.76. The molecule has 8 heteroatoms. The van der Waals surface area contributed by atoms with Crippen LogP contribution >= 0.6 is 43.5 Å². The Morgan fingerprint density at radius 3 is 2.47 bits per heavy atom. The second-order valence-corrected chi connectivity index (χ2v) is 11.9. The lowest BCUT2D eigenvalue weighted by Crippen LogP contribution is -2.46. The zero-order chi connectivity index (χ0) is 23.8. The molecule has 1 aromatic carbocycles. The number of rotatable bonds is 3. The van der Waals surface area contributed by atoms with E-state index in [0.29, 0.717) is 31.1 Å². The molecule has 1 N–H and O–H groups in total. The summed E-state index contributed by atoms with van der Waals surface area (Å²) in [6.07, 6.45) is 7.06. The van der Waals surface area contributed by atoms with Gasteiger partial charge in [-0.1, -0.05) is 27.5 Å². The van der Waals surface area contributed by atoms with Crippen LogP contribution in [0, 0.1) is 5.92 Å². The zero-order valence-electron chi connectivity index (χ0n) is 19.1. The minimum absolute atomic E-state index is 0.185. The molecule has 2 aromatic rings. The number of halogens is 3. The summed E-state index contributed by atoms with van der Waals surface area (Å²) < 4.78 is 2.07. The Kier molecular flexibility index (Phi) is 7.45. The summed E-state index contributed by atoms with van der Waals surface area (Å²) in [5, 5.41) is 0.758. The highest BCUT2D eigenvalue weighted by Gasteiger charge is 2.36. The Bertz CT molecular complexity index is 1110. The minimum atomic E-state index is 0.185. The number of pyridine rings is 1. The van der Waals surface area contributed by atoms with E-state index < -0.39 is 0 Å². The summed E-state index contributed by atoms with van der Waals surface area (Å²) in [7, 11) is 0. The second-order valence-electron chi connectivity index (χ2n) is 9.70. The van der Waals surface area contributed by atoms with Crippen molar-refractivity contribution in [3.8, 4) is 0 Å². The van der Waals surface area contributed by atoms with Crippen molar-refractivity contribution in [2.75, 3.05) is 32.7 Å². The van der Waals surface area contributed by atoms with Gasteiger partial charge in [0.05, 0.1) is 25.1 Å². The number of aromatic nitrogens is 1. The maximum Gasteiger partial charge on any atom is 0.295 e. The van der Waals surface area contributed by atoms with Crippen LogP contribution in [-0.4, -0.2) is 64.0 Å². The highest BCUT2D eigenvalue weighted by Crippen LogP contribution is 2.46. The van der Waals surface area contributed by atoms with Crippen LogP contribution in [0.5, 0.6) is 0 Å². The molecule has 0 unspecified atom stereocenters. The average Bonchev–Trinajstić information content (AvgIpc) is 2.97. The number of fused-ring (bicyclic) bond motifs is 2. The van der Waals surface area contributed by atoms with Crippen molar-refractivity contribution < 1.29 is 9.59 Å². The zero-order valence-corrected chi connectivity index (χ0v) is 23.0. The molecule has 2 aliphatic heterocycles. The van der Waals surface area contributed by atoms with Crippen molar-refractivity contribution >= 4 is 55.2 Å². The van der Waals surface area contributed by atoms with E-state index in [0.717, 1.165) is 65.8 Å². The monoisotopic (exact) mass is 608 g/mol. The van der Waals surface area contributed by atoms with E-state index in [1.165, 1.54) is 22.4 Å². The number of piperidine rings is 2. The second kappa shape index (κ2) is 10.4. The molecule has 34 heavy (non-hydrogen) atoms. The third kappa shape index (κ3) is 5.13. The number of carbonyl (C=O) groups excluding carboxylic acids is 2. The van der Waals surface area contributed by atoms with E-state index >= 15 is 0 Å². The first-order chi connectivity index (χ1) is 16.4. The molecule has 2 fully saturated rings. The van der Waals surface area contributed by atoms with Crippen LogP contribution in [0.1, 0.15) is 54.0 Å². The number of ketones is 1. The summed E-state index contributed by atoms with van der Waals surface area (Å²) in [5.41, 5.74) is 5.07. The van der Waals surface area contributed by atoms with Gasteiger partial charge in [-0.05, 0) is 82.4 Å². The number of benzene rings is 1. The molecule has 0 spiro atoms. The van der Waals surface area contributed by atoms with Crippen LogP contribution < -0.4 is 0 Å². The van der Waals surface area contributed by atoms with E-state index in [1.807, 2.05) is 17.2 Å². The van der Waals surface area contributed by atoms with Gasteiger partial charge in [-0.2, -0.15) is 0 Å². The maximum atomic E-state index is 13.0. The summed E-state index contributed by atoms with van der Waals surface area (Å²) in [6, 6.07) is 6.33. The number of carbonyl (C=O) groups is 1. The van der Waals surface area contributed by atoms with Crippen molar-refractivity contribution in [2.45, 2.75) is 44.4 Å². The summed E-state index contributed by atoms with van der Waals surface area (Å²) >= 11 is 13.9. The smallest absolute Gasteiger partial charge is 0.295 e. The van der Waals surface area contributed by atoms with Gasteiger partial charge in [0.1, 0.15) is 0 Å². The predicted octanol–water partition coefficient (Wildman–Crippen LogP) is 5.37. The van der Waals surface area contributed by atoms with Crippen LogP contribution in [0.15, 0.2) is 33.3 Å². The Labute approximate surface area is 222 Å². The number of aryl methyl sites for hydroxylation is 2. The van der Waals surface area contributed by atoms with Gasteiger partial charge in [0, 0.05) is 52.3 Å². The topological polar surface area (TPSA) is 57.8 Å². The lowest BCUT2D eigenvalue weighted by molar-refractivity contribution is -0.134. The third-order valence-corrected chi connectivity index (χ3v) is 8.88. The van der Waals surface area contributed by atoms with Crippen LogP contribution in [-0.2, 0) is 17.6 Å². The van der Waals surface area contributed by atoms with Gasteiger partial charge in [0.15, 0.2) is 0 Å². The Hall–Kier alpha value is -1.28. The number of nitrogens with zero attached hydrogens (tertiary/aromatic N) is 3. The molecule has 0 bridgehead atoms. The van der Waals surface area contributed by atoms with E-state index in [-0.39, 0.29) is 11.8 Å². The van der Waals surface area contributed by atoms with Gasteiger partial charge < -0.3 is 4.90 Å². The molecule has 1 aliphatic carbocycles. The third-order valence-electron chi connectivity index (χ3n) is 7.57. The summed E-state index contributed by atoms with van der Waals surface area (Å²) in [6.45, 7) is 3.53. The SMILES string of the molecule is O=C(CN1CCC(=[OH+])CC1)N1CCC([C@H]2c3ncc(Br)cc3CCc3cc(Cl)cc(Br)c32)CC1. The Morgan fingerprint density at radius 1 is 1.03 bits per heavy atom. The number of hydrogen-bond donors (Lipinski definition) is 0. The number of likely N-dealkylation sites (tertiary alicyclic amines) is 2. The average molecular weight is 611 g/mol. The fourth-order valence-electron chi connectivity index (χ4n) is 5.77. The fourth-order valence-corrected chi connectivity index (χ4v) is 7.27. The Balaban J connectivity index is 1.36. The van der Waals surface area contributed by atoms with Crippen molar-refractivity contribution in [3.63, 3.8) is 0 Å². The summed E-state index contributed by atoms with van der Waals surface area (Å²) in [5.74, 6) is 1.36. The number of hydrogen-bond acceptors (Lipinski definition) is 3. The molecular weight excluding hydrogens is 582 g/mol. The van der Waals surface area contributed by atoms with Gasteiger partial charge in [-0.15, -0.1) is 0 Å². The van der Waals surface area contributed by atoms with Crippen LogP contribution in [0.4, 0.5) is 0 Å². The Morgan fingerprint density at radius 2 is 1.74 bits per heavy atom. The van der Waals surface area contributed by atoms with Crippen molar-refractivity contribution in [1.29, 1.82) is 0 Å². The largest absolute Gasteiger partial charge is 0.342 e. The number of amides is 1. The molecule has 180 valence electrons. The molecule has 1 atom stereocenters. The van der Waals surface area contributed by atoms with Crippen LogP contribution in [0.25, 0.3) is 0 Å². The molecule has 1 amide bonds. The van der Waals surface area contributed by atoms with Crippen molar-refractivity contribution in [3.05, 3.63) is 60.7 Å². The van der Waals surface area contributed by atoms with Gasteiger partial charge in [-0.3, -0.25) is 19.5 Å². The molecular formula is C26H29Br2ClN3O2+. The van der Waals surface area contributed by atoms with E-state index in [1.54, 1.807) is 0 Å². The molecule has 1 aromatic heterocycles. The molecule has 0 saturated carbocycles. The fraction of sp³-hybridized carbons (Fsp3) is 0.500. The molecule has 0 radical (unpaired) electrons. The van der Waals surface area contributed by atoms with E-state index in [4.69, 9.17) is 16.6 Å².